The summed E-state index contributed by atoms with van der Waals surface area (Å²) in [5, 5.41) is 0. The summed E-state index contributed by atoms with van der Waals surface area (Å²) in [6.07, 6.45) is 12.2. The first-order valence-corrected chi connectivity index (χ1v) is 15.1. The van der Waals surface area contributed by atoms with Crippen molar-refractivity contribution in [3.05, 3.63) is 11.6 Å². The Balaban J connectivity index is 1.58. The van der Waals surface area contributed by atoms with Gasteiger partial charge in [-0.1, -0.05) is 60.1 Å². The zero-order chi connectivity index (χ0) is 27.2. The monoisotopic (exact) mass is 512 g/mol. The van der Waals surface area contributed by atoms with Gasteiger partial charge in [-0.3, -0.25) is 9.59 Å². The van der Waals surface area contributed by atoms with Crippen LogP contribution in [-0.4, -0.2) is 26.2 Å². The van der Waals surface area contributed by atoms with Crippen molar-refractivity contribution >= 4 is 11.9 Å². The van der Waals surface area contributed by atoms with Crippen LogP contribution in [0.3, 0.4) is 0 Å². The maximum absolute atomic E-state index is 13.5. The Morgan fingerprint density at radius 3 is 2.19 bits per heavy atom. The zero-order valence-corrected chi connectivity index (χ0v) is 25.0. The quantitative estimate of drug-likeness (QED) is 0.282. The summed E-state index contributed by atoms with van der Waals surface area (Å²) < 4.78 is 10.8. The molecule has 0 heterocycles. The van der Waals surface area contributed by atoms with Crippen molar-refractivity contribution in [2.75, 3.05) is 14.2 Å². The molecular formula is C33H52O4. The number of fused-ring (bicyclic) bond motifs is 7. The smallest absolute Gasteiger partial charge is 0.312 e. The Kier molecular flexibility index (Phi) is 6.33. The molecule has 10 atom stereocenters. The third-order valence-electron chi connectivity index (χ3n) is 14.1. The van der Waals surface area contributed by atoms with Gasteiger partial charge in [-0.25, -0.2) is 0 Å². The van der Waals surface area contributed by atoms with Crippen LogP contribution < -0.4 is 0 Å². The fourth-order valence-electron chi connectivity index (χ4n) is 11.6. The first-order chi connectivity index (χ1) is 17.2. The van der Waals surface area contributed by atoms with Crippen molar-refractivity contribution in [2.24, 2.45) is 62.6 Å². The van der Waals surface area contributed by atoms with Crippen molar-refractivity contribution in [2.45, 2.75) is 106 Å². The molecule has 0 radical (unpaired) electrons. The Hall–Kier alpha value is -1.32. The summed E-state index contributed by atoms with van der Waals surface area (Å²) >= 11 is 0. The maximum Gasteiger partial charge on any atom is 0.312 e. The Morgan fingerprint density at radius 2 is 1.54 bits per heavy atom. The Labute approximate surface area is 225 Å². The van der Waals surface area contributed by atoms with E-state index in [0.29, 0.717) is 23.7 Å². The van der Waals surface area contributed by atoms with Gasteiger partial charge < -0.3 is 9.47 Å². The highest BCUT2D eigenvalue weighted by molar-refractivity contribution is 5.78. The highest BCUT2D eigenvalue weighted by Crippen LogP contribution is 2.76. The highest BCUT2D eigenvalue weighted by atomic mass is 16.5. The normalized spacial score (nSPS) is 50.4. The van der Waals surface area contributed by atoms with Gasteiger partial charge in [0.2, 0.25) is 0 Å². The topological polar surface area (TPSA) is 52.6 Å². The van der Waals surface area contributed by atoms with Crippen LogP contribution in [-0.2, 0) is 19.1 Å². The van der Waals surface area contributed by atoms with Crippen LogP contribution in [0.4, 0.5) is 0 Å². The fourth-order valence-corrected chi connectivity index (χ4v) is 11.6. The molecule has 0 amide bonds. The zero-order valence-electron chi connectivity index (χ0n) is 25.0. The van der Waals surface area contributed by atoms with Gasteiger partial charge in [0.05, 0.1) is 25.6 Å². The molecule has 0 bridgehead atoms. The average Bonchev–Trinajstić information content (AvgIpc) is 2.85. The maximum atomic E-state index is 13.5. The third-order valence-corrected chi connectivity index (χ3v) is 14.1. The van der Waals surface area contributed by atoms with Gasteiger partial charge in [-0.05, 0) is 109 Å². The standard InChI is InChI=1S/C33H52O4/c1-20-12-17-33(28(35)37-9)19-18-31(6)22(26(33)21(20)2)10-11-25-30(5)15-13-23(27(34)36-8)29(3,4)24(30)14-16-32(25,31)7/h10,20-21,23-26H,11-19H2,1-9H3/t20-,21+,23-,24+,25-,26+,30+,31-,32-,33+/m1/s1. The Bertz CT molecular complexity index is 996. The molecule has 0 spiro atoms. The van der Waals surface area contributed by atoms with Crippen LogP contribution in [0.2, 0.25) is 0 Å². The summed E-state index contributed by atoms with van der Waals surface area (Å²) in [6.45, 7) is 17.2. The molecule has 4 saturated carbocycles. The van der Waals surface area contributed by atoms with Gasteiger partial charge in [0.25, 0.3) is 0 Å². The van der Waals surface area contributed by atoms with Crippen molar-refractivity contribution < 1.29 is 19.1 Å². The summed E-state index contributed by atoms with van der Waals surface area (Å²) in [4.78, 5) is 26.2. The lowest BCUT2D eigenvalue weighted by molar-refractivity contribution is -0.203. The van der Waals surface area contributed by atoms with E-state index in [1.807, 2.05) is 0 Å². The number of carbonyl (C=O) groups is 2. The lowest BCUT2D eigenvalue weighted by Gasteiger charge is -2.71. The number of methoxy groups -OCH3 is 2. The number of hydrogen-bond donors (Lipinski definition) is 0. The summed E-state index contributed by atoms with van der Waals surface area (Å²) in [6, 6.07) is 0. The largest absolute Gasteiger partial charge is 0.469 e. The number of carbonyl (C=O) groups excluding carboxylic acids is 2. The van der Waals surface area contributed by atoms with E-state index in [0.717, 1.165) is 44.9 Å². The SMILES string of the molecule is COC(=O)[C@H]1CC[C@]2(C)[C@H]3CC=C4[C@@H]5[C@@H](C)[C@H](C)CC[C@]5(C(=O)OC)CC[C@@]4(C)[C@]3(C)CC[C@H]2C1(C)C. The van der Waals surface area contributed by atoms with Gasteiger partial charge in [0, 0.05) is 0 Å². The molecule has 0 aromatic carbocycles. The molecule has 5 aliphatic rings. The van der Waals surface area contributed by atoms with Gasteiger partial charge in [-0.15, -0.1) is 0 Å². The second-order valence-electron chi connectivity index (χ2n) is 15.2. The number of hydrogen-bond acceptors (Lipinski definition) is 4. The third kappa shape index (κ3) is 3.32. The minimum Gasteiger partial charge on any atom is -0.469 e. The van der Waals surface area contributed by atoms with Crippen LogP contribution in [0.1, 0.15) is 106 Å². The lowest BCUT2D eigenvalue weighted by Crippen LogP contribution is -2.65. The molecular weight excluding hydrogens is 460 g/mol. The molecule has 4 fully saturated rings. The van der Waals surface area contributed by atoms with Crippen LogP contribution >= 0.6 is 0 Å². The van der Waals surface area contributed by atoms with Crippen LogP contribution in [0.25, 0.3) is 0 Å². The van der Waals surface area contributed by atoms with Crippen LogP contribution in [0, 0.1) is 62.6 Å². The van der Waals surface area contributed by atoms with E-state index in [9.17, 15) is 9.59 Å². The average molecular weight is 513 g/mol. The van der Waals surface area contributed by atoms with E-state index in [1.165, 1.54) is 12.8 Å². The van der Waals surface area contributed by atoms with E-state index in [4.69, 9.17) is 9.47 Å². The van der Waals surface area contributed by atoms with Crippen LogP contribution in [0.15, 0.2) is 11.6 Å². The minimum absolute atomic E-state index is 0.00913. The second-order valence-corrected chi connectivity index (χ2v) is 15.2. The van der Waals surface area contributed by atoms with Crippen molar-refractivity contribution in [3.63, 3.8) is 0 Å². The number of ether oxygens (including phenoxy) is 2. The molecule has 0 aromatic heterocycles. The van der Waals surface area contributed by atoms with E-state index in [-0.39, 0.29) is 50.8 Å². The van der Waals surface area contributed by atoms with E-state index in [2.05, 4.69) is 54.5 Å². The van der Waals surface area contributed by atoms with E-state index < -0.39 is 0 Å². The first-order valence-electron chi connectivity index (χ1n) is 15.1. The second kappa shape index (κ2) is 8.59. The predicted molar refractivity (Wildman–Crippen MR) is 146 cm³/mol. The molecule has 5 aliphatic carbocycles. The highest BCUT2D eigenvalue weighted by Gasteiger charge is 2.70. The molecule has 0 unspecified atom stereocenters. The molecule has 4 nitrogen and oxygen atoms in total. The number of esters is 2. The number of rotatable bonds is 2. The molecule has 4 heteroatoms. The van der Waals surface area contributed by atoms with Gasteiger partial charge in [0.15, 0.2) is 0 Å². The van der Waals surface area contributed by atoms with E-state index in [1.54, 1.807) is 19.8 Å². The van der Waals surface area contributed by atoms with Gasteiger partial charge in [0.1, 0.15) is 0 Å². The molecule has 0 saturated heterocycles. The number of allylic oxidation sites excluding steroid dienone is 2. The molecule has 37 heavy (non-hydrogen) atoms. The van der Waals surface area contributed by atoms with E-state index >= 15 is 0 Å². The first kappa shape index (κ1) is 27.3. The molecule has 0 aliphatic heterocycles. The Morgan fingerprint density at radius 1 is 0.838 bits per heavy atom. The molecule has 0 aromatic rings. The fraction of sp³-hybridized carbons (Fsp3) is 0.879. The summed E-state index contributed by atoms with van der Waals surface area (Å²) in [5.74, 6) is 2.50. The molecule has 208 valence electrons. The minimum atomic E-state index is -0.350. The van der Waals surface area contributed by atoms with Gasteiger partial charge in [-0.2, -0.15) is 0 Å². The molecule has 5 rings (SSSR count). The van der Waals surface area contributed by atoms with Crippen LogP contribution in [0.5, 0.6) is 0 Å². The summed E-state index contributed by atoms with van der Waals surface area (Å²) in [5.41, 5.74) is 1.67. The van der Waals surface area contributed by atoms with Crippen molar-refractivity contribution in [1.82, 2.24) is 0 Å². The van der Waals surface area contributed by atoms with Gasteiger partial charge >= 0.3 is 11.9 Å². The summed E-state index contributed by atoms with van der Waals surface area (Å²) in [7, 11) is 3.13. The molecule has 0 N–H and O–H groups in total. The predicted octanol–water partition coefficient (Wildman–Crippen LogP) is 7.61. The van der Waals surface area contributed by atoms with Crippen molar-refractivity contribution in [1.29, 1.82) is 0 Å². The lowest BCUT2D eigenvalue weighted by atomic mass is 9.33. The van der Waals surface area contributed by atoms with Crippen molar-refractivity contribution in [3.8, 4) is 0 Å².